The number of carbonyl (C=O) groups is 4. The first-order valence-electron chi connectivity index (χ1n) is 11.0. The van der Waals surface area contributed by atoms with Crippen LogP contribution in [0.5, 0.6) is 0 Å². The molecule has 2 saturated heterocycles. The molecule has 3 rings (SSSR count). The molecule has 1 aromatic carbocycles. The lowest BCUT2D eigenvalue weighted by molar-refractivity contribution is -0.144. The molecule has 11 heteroatoms. The second kappa shape index (κ2) is 12.0. The molecule has 0 unspecified atom stereocenters. The van der Waals surface area contributed by atoms with Crippen LogP contribution < -0.4 is 5.32 Å². The van der Waals surface area contributed by atoms with Crippen molar-refractivity contribution in [2.45, 2.75) is 36.6 Å². The van der Waals surface area contributed by atoms with E-state index in [-0.39, 0.29) is 24.3 Å². The highest BCUT2D eigenvalue weighted by molar-refractivity contribution is 7.98. The number of rotatable bonds is 8. The Morgan fingerprint density at radius 1 is 1.21 bits per heavy atom. The van der Waals surface area contributed by atoms with Crippen LogP contribution in [0.1, 0.15) is 31.2 Å². The summed E-state index contributed by atoms with van der Waals surface area (Å²) in [4.78, 5) is 52.6. The lowest BCUT2D eigenvalue weighted by atomic mass is 9.95. The molecular weight excluding hydrogens is 501 g/mol. The summed E-state index contributed by atoms with van der Waals surface area (Å²) < 4.78 is 0. The summed E-state index contributed by atoms with van der Waals surface area (Å²) in [5.41, 5.74) is 0.642. The van der Waals surface area contributed by atoms with Crippen molar-refractivity contribution in [2.24, 2.45) is 5.92 Å². The molecule has 0 aromatic heterocycles. The molecule has 184 valence electrons. The van der Waals surface area contributed by atoms with Gasteiger partial charge in [0.05, 0.1) is 16.6 Å². The molecule has 2 aliphatic rings. The van der Waals surface area contributed by atoms with Crippen molar-refractivity contribution in [3.05, 3.63) is 33.8 Å². The Balaban J connectivity index is 1.52. The van der Waals surface area contributed by atoms with Gasteiger partial charge in [0, 0.05) is 42.9 Å². The Morgan fingerprint density at radius 3 is 2.50 bits per heavy atom. The van der Waals surface area contributed by atoms with Gasteiger partial charge in [-0.3, -0.25) is 14.4 Å². The Hall–Kier alpha value is -2.23. The maximum absolute atomic E-state index is 12.7. The molecule has 3 amide bonds. The van der Waals surface area contributed by atoms with Gasteiger partial charge in [-0.2, -0.15) is 0 Å². The topological polar surface area (TPSA) is 107 Å². The van der Waals surface area contributed by atoms with Gasteiger partial charge >= 0.3 is 5.97 Å². The van der Waals surface area contributed by atoms with Crippen LogP contribution in [-0.4, -0.2) is 77.1 Å². The molecule has 2 aliphatic heterocycles. The molecule has 2 heterocycles. The molecule has 8 nitrogen and oxygen atoms in total. The number of hydrogen-bond donors (Lipinski definition) is 2. The maximum Gasteiger partial charge on any atom is 0.328 e. The minimum absolute atomic E-state index is 0.0352. The van der Waals surface area contributed by atoms with Gasteiger partial charge in [0.25, 0.3) is 0 Å². The fraction of sp³-hybridized carbons (Fsp3) is 0.478. The lowest BCUT2D eigenvalue weighted by Crippen LogP contribution is -2.51. The van der Waals surface area contributed by atoms with Gasteiger partial charge in [-0.05, 0) is 43.2 Å². The van der Waals surface area contributed by atoms with E-state index in [1.807, 2.05) is 12.3 Å². The number of nitrogens with zero attached hydrogens (tertiary/aromatic N) is 2. The van der Waals surface area contributed by atoms with E-state index in [0.717, 1.165) is 4.90 Å². The standard InChI is InChI=1S/C23H27Cl2N3O5S/c1-34-17-6-4-14(20(24)21(17)25)5-7-19(30)27-11-8-15(9-12-27)22(31)26-16(23(32)33)13-28-10-2-3-18(28)29/h4-7,15-16H,2-3,8-13H2,1H3,(H,26,31)(H,32,33)/b7-5+/t16-/m0/s1. The Kier molecular flexibility index (Phi) is 9.27. The highest BCUT2D eigenvalue weighted by atomic mass is 35.5. The zero-order valence-corrected chi connectivity index (χ0v) is 21.1. The van der Waals surface area contributed by atoms with Crippen LogP contribution >= 0.6 is 35.0 Å². The SMILES string of the molecule is CSc1ccc(/C=C/C(=O)N2CCC(C(=O)N[C@@H](CN3CCCC3=O)C(=O)O)CC2)c(Cl)c1Cl. The third kappa shape index (κ3) is 6.46. The zero-order valence-electron chi connectivity index (χ0n) is 18.8. The Morgan fingerprint density at radius 2 is 1.91 bits per heavy atom. The first-order valence-corrected chi connectivity index (χ1v) is 13.0. The van der Waals surface area contributed by atoms with Crippen LogP contribution in [0.25, 0.3) is 6.08 Å². The molecule has 2 N–H and O–H groups in total. The predicted octanol–water partition coefficient (Wildman–Crippen LogP) is 3.16. The molecule has 0 bridgehead atoms. The number of aliphatic carboxylic acids is 1. The molecule has 0 radical (unpaired) electrons. The first-order chi connectivity index (χ1) is 16.2. The number of carbonyl (C=O) groups excluding carboxylic acids is 3. The van der Waals surface area contributed by atoms with Gasteiger partial charge in [0.1, 0.15) is 6.04 Å². The third-order valence-corrected chi connectivity index (χ3v) is 7.86. The van der Waals surface area contributed by atoms with Crippen molar-refractivity contribution in [1.29, 1.82) is 0 Å². The number of piperidine rings is 1. The average molecular weight is 528 g/mol. The predicted molar refractivity (Wildman–Crippen MR) is 132 cm³/mol. The number of hydrogen-bond acceptors (Lipinski definition) is 5. The summed E-state index contributed by atoms with van der Waals surface area (Å²) in [5, 5.41) is 12.9. The summed E-state index contributed by atoms with van der Waals surface area (Å²) >= 11 is 14.0. The second-order valence-electron chi connectivity index (χ2n) is 8.26. The van der Waals surface area contributed by atoms with Crippen LogP contribution in [0.2, 0.25) is 10.0 Å². The van der Waals surface area contributed by atoms with Crippen LogP contribution in [0, 0.1) is 5.92 Å². The van der Waals surface area contributed by atoms with Gasteiger partial charge < -0.3 is 20.2 Å². The smallest absolute Gasteiger partial charge is 0.328 e. The van der Waals surface area contributed by atoms with E-state index < -0.39 is 17.9 Å². The van der Waals surface area contributed by atoms with E-state index in [9.17, 15) is 24.3 Å². The maximum atomic E-state index is 12.7. The van der Waals surface area contributed by atoms with Gasteiger partial charge in [-0.15, -0.1) is 11.8 Å². The molecular formula is C23H27Cl2N3O5S. The van der Waals surface area contributed by atoms with Gasteiger partial charge in [-0.1, -0.05) is 29.3 Å². The van der Waals surface area contributed by atoms with E-state index in [0.29, 0.717) is 60.9 Å². The van der Waals surface area contributed by atoms with Crippen molar-refractivity contribution in [1.82, 2.24) is 15.1 Å². The van der Waals surface area contributed by atoms with E-state index in [1.54, 1.807) is 17.0 Å². The number of halogens is 2. The van der Waals surface area contributed by atoms with Gasteiger partial charge in [0.2, 0.25) is 17.7 Å². The molecule has 34 heavy (non-hydrogen) atoms. The van der Waals surface area contributed by atoms with Crippen LogP contribution in [0.15, 0.2) is 23.1 Å². The number of likely N-dealkylation sites (tertiary alicyclic amines) is 2. The Bertz CT molecular complexity index is 995. The molecule has 1 aromatic rings. The molecule has 0 aliphatic carbocycles. The summed E-state index contributed by atoms with van der Waals surface area (Å²) in [5.74, 6) is -2.22. The lowest BCUT2D eigenvalue weighted by Gasteiger charge is -2.31. The molecule has 0 spiro atoms. The zero-order chi connectivity index (χ0) is 24.8. The van der Waals surface area contributed by atoms with Crippen LogP contribution in [0.3, 0.4) is 0 Å². The highest BCUT2D eigenvalue weighted by Crippen LogP contribution is 2.35. The number of benzene rings is 1. The molecule has 0 saturated carbocycles. The van der Waals surface area contributed by atoms with Crippen molar-refractivity contribution in [2.75, 3.05) is 32.4 Å². The second-order valence-corrected chi connectivity index (χ2v) is 9.86. The van der Waals surface area contributed by atoms with Crippen LogP contribution in [0.4, 0.5) is 0 Å². The highest BCUT2D eigenvalue weighted by Gasteiger charge is 2.32. The molecule has 1 atom stereocenters. The summed E-state index contributed by atoms with van der Waals surface area (Å²) in [7, 11) is 0. The Labute approximate surface area is 212 Å². The normalized spacial score (nSPS) is 17.9. The van der Waals surface area contributed by atoms with Crippen molar-refractivity contribution in [3.63, 3.8) is 0 Å². The van der Waals surface area contributed by atoms with Crippen molar-refractivity contribution >= 4 is 64.7 Å². The number of thioether (sulfide) groups is 1. The fourth-order valence-corrected chi connectivity index (χ4v) is 5.23. The number of carboxylic acids is 1. The van der Waals surface area contributed by atoms with Crippen LogP contribution in [-0.2, 0) is 19.2 Å². The number of carboxylic acid groups (broad SMARTS) is 1. The van der Waals surface area contributed by atoms with E-state index in [2.05, 4.69) is 5.32 Å². The van der Waals surface area contributed by atoms with Crippen molar-refractivity contribution in [3.8, 4) is 0 Å². The number of amides is 3. The molecule has 2 fully saturated rings. The van der Waals surface area contributed by atoms with Gasteiger partial charge in [0.15, 0.2) is 0 Å². The number of nitrogens with one attached hydrogen (secondary N) is 1. The largest absolute Gasteiger partial charge is 0.480 e. The van der Waals surface area contributed by atoms with E-state index in [4.69, 9.17) is 23.2 Å². The summed E-state index contributed by atoms with van der Waals surface area (Å²) in [6, 6.07) is 2.50. The minimum atomic E-state index is -1.17. The average Bonchev–Trinajstić information content (AvgIpc) is 3.23. The quantitative estimate of drug-likeness (QED) is 0.397. The fourth-order valence-electron chi connectivity index (χ4n) is 4.05. The summed E-state index contributed by atoms with van der Waals surface area (Å²) in [6.07, 6.45) is 6.91. The first kappa shape index (κ1) is 26.4. The van der Waals surface area contributed by atoms with E-state index >= 15 is 0 Å². The summed E-state index contributed by atoms with van der Waals surface area (Å²) in [6.45, 7) is 1.23. The van der Waals surface area contributed by atoms with Crippen molar-refractivity contribution < 1.29 is 24.3 Å². The van der Waals surface area contributed by atoms with E-state index in [1.165, 1.54) is 22.7 Å². The van der Waals surface area contributed by atoms with Gasteiger partial charge in [-0.25, -0.2) is 4.79 Å². The minimum Gasteiger partial charge on any atom is -0.480 e. The third-order valence-electron chi connectivity index (χ3n) is 6.07. The monoisotopic (exact) mass is 527 g/mol.